The van der Waals surface area contributed by atoms with E-state index in [2.05, 4.69) is 43.2 Å². The zero-order valence-electron chi connectivity index (χ0n) is 15.5. The molecule has 1 atom stereocenters. The summed E-state index contributed by atoms with van der Waals surface area (Å²) in [5, 5.41) is 3.39. The van der Waals surface area contributed by atoms with Crippen LogP contribution in [0.25, 0.3) is 0 Å². The van der Waals surface area contributed by atoms with Gasteiger partial charge >= 0.3 is 0 Å². The fraction of sp³-hybridized carbons (Fsp3) is 0.632. The second-order valence-electron chi connectivity index (χ2n) is 6.41. The molecule has 1 aliphatic rings. The Morgan fingerprint density at radius 1 is 1.46 bits per heavy atom. The summed E-state index contributed by atoms with van der Waals surface area (Å²) in [5.41, 5.74) is 2.46. The SMILES string of the molecule is CCNC(=NCCc1cc(C)ccc1OC)N(C)CC1CCOC1. The molecule has 1 fully saturated rings. The first-order valence-corrected chi connectivity index (χ1v) is 8.84. The predicted molar refractivity (Wildman–Crippen MR) is 99.0 cm³/mol. The van der Waals surface area contributed by atoms with Gasteiger partial charge in [0.15, 0.2) is 5.96 Å². The first kappa shape index (κ1) is 18.6. The highest BCUT2D eigenvalue weighted by Crippen LogP contribution is 2.20. The van der Waals surface area contributed by atoms with Crippen LogP contribution in [0.2, 0.25) is 0 Å². The van der Waals surface area contributed by atoms with Gasteiger partial charge in [-0.15, -0.1) is 0 Å². The molecule has 1 saturated heterocycles. The highest BCUT2D eigenvalue weighted by atomic mass is 16.5. The van der Waals surface area contributed by atoms with Crippen molar-refractivity contribution >= 4 is 5.96 Å². The van der Waals surface area contributed by atoms with Crippen LogP contribution in [0.3, 0.4) is 0 Å². The van der Waals surface area contributed by atoms with Crippen LogP contribution in [0.15, 0.2) is 23.2 Å². The molecule has 0 aliphatic carbocycles. The zero-order valence-corrected chi connectivity index (χ0v) is 15.5. The summed E-state index contributed by atoms with van der Waals surface area (Å²) in [6, 6.07) is 6.29. The molecule has 5 heteroatoms. The summed E-state index contributed by atoms with van der Waals surface area (Å²) < 4.78 is 10.9. The average molecular weight is 333 g/mol. The Kier molecular flexibility index (Phi) is 7.37. The Morgan fingerprint density at radius 2 is 2.29 bits per heavy atom. The van der Waals surface area contributed by atoms with Gasteiger partial charge in [0.05, 0.1) is 13.7 Å². The molecular weight excluding hydrogens is 302 g/mol. The molecule has 2 rings (SSSR count). The summed E-state index contributed by atoms with van der Waals surface area (Å²) in [4.78, 5) is 7.01. The van der Waals surface area contributed by atoms with Crippen molar-refractivity contribution in [3.63, 3.8) is 0 Å². The Balaban J connectivity index is 1.96. The average Bonchev–Trinajstić information content (AvgIpc) is 3.07. The zero-order chi connectivity index (χ0) is 17.4. The van der Waals surface area contributed by atoms with Gasteiger partial charge in [-0.3, -0.25) is 4.99 Å². The minimum atomic E-state index is 0.607. The van der Waals surface area contributed by atoms with Crippen molar-refractivity contribution in [1.82, 2.24) is 10.2 Å². The van der Waals surface area contributed by atoms with E-state index in [0.29, 0.717) is 5.92 Å². The largest absolute Gasteiger partial charge is 0.496 e. The molecule has 1 aromatic carbocycles. The summed E-state index contributed by atoms with van der Waals surface area (Å²) >= 11 is 0. The van der Waals surface area contributed by atoms with E-state index in [1.807, 2.05) is 6.07 Å². The Morgan fingerprint density at radius 3 is 2.96 bits per heavy atom. The third kappa shape index (κ3) is 5.41. The molecule has 1 aromatic rings. The van der Waals surface area contributed by atoms with E-state index in [4.69, 9.17) is 14.5 Å². The van der Waals surface area contributed by atoms with E-state index < -0.39 is 0 Å². The maximum Gasteiger partial charge on any atom is 0.193 e. The lowest BCUT2D eigenvalue weighted by atomic mass is 10.1. The number of hydrogen-bond acceptors (Lipinski definition) is 3. The Bertz CT molecular complexity index is 539. The minimum absolute atomic E-state index is 0.607. The molecule has 5 nitrogen and oxygen atoms in total. The molecular formula is C19H31N3O2. The third-order valence-corrected chi connectivity index (χ3v) is 4.33. The van der Waals surface area contributed by atoms with E-state index in [1.54, 1.807) is 7.11 Å². The number of ether oxygens (including phenoxy) is 2. The van der Waals surface area contributed by atoms with Crippen LogP contribution in [-0.2, 0) is 11.2 Å². The normalized spacial score (nSPS) is 17.8. The highest BCUT2D eigenvalue weighted by molar-refractivity contribution is 5.79. The number of rotatable bonds is 7. The van der Waals surface area contributed by atoms with Gasteiger partial charge in [-0.25, -0.2) is 0 Å². The molecule has 1 unspecified atom stereocenters. The molecule has 0 amide bonds. The summed E-state index contributed by atoms with van der Waals surface area (Å²) in [7, 11) is 3.83. The molecule has 24 heavy (non-hydrogen) atoms. The van der Waals surface area contributed by atoms with Crippen LogP contribution >= 0.6 is 0 Å². The first-order chi connectivity index (χ1) is 11.6. The Labute approximate surface area is 146 Å². The third-order valence-electron chi connectivity index (χ3n) is 4.33. The van der Waals surface area contributed by atoms with Crippen LogP contribution in [0.5, 0.6) is 5.75 Å². The second-order valence-corrected chi connectivity index (χ2v) is 6.41. The maximum atomic E-state index is 5.47. The van der Waals surface area contributed by atoms with Crippen LogP contribution in [0.1, 0.15) is 24.5 Å². The summed E-state index contributed by atoms with van der Waals surface area (Å²) in [5.74, 6) is 2.52. The predicted octanol–water partition coefficient (Wildman–Crippen LogP) is 2.48. The quantitative estimate of drug-likeness (QED) is 0.615. The molecule has 0 radical (unpaired) electrons. The van der Waals surface area contributed by atoms with Crippen LogP contribution in [0.4, 0.5) is 0 Å². The van der Waals surface area contributed by atoms with E-state index >= 15 is 0 Å². The lowest BCUT2D eigenvalue weighted by Gasteiger charge is -2.24. The van der Waals surface area contributed by atoms with Gasteiger partial charge in [0.1, 0.15) is 5.75 Å². The van der Waals surface area contributed by atoms with Crippen molar-refractivity contribution in [1.29, 1.82) is 0 Å². The van der Waals surface area contributed by atoms with E-state index in [9.17, 15) is 0 Å². The molecule has 0 spiro atoms. The monoisotopic (exact) mass is 333 g/mol. The Hall–Kier alpha value is -1.75. The van der Waals surface area contributed by atoms with Crippen LogP contribution < -0.4 is 10.1 Å². The topological polar surface area (TPSA) is 46.1 Å². The highest BCUT2D eigenvalue weighted by Gasteiger charge is 2.19. The van der Waals surface area contributed by atoms with Gasteiger partial charge in [-0.05, 0) is 38.3 Å². The number of hydrogen-bond donors (Lipinski definition) is 1. The van der Waals surface area contributed by atoms with Crippen LogP contribution in [-0.4, -0.2) is 57.9 Å². The van der Waals surface area contributed by atoms with Gasteiger partial charge in [-0.1, -0.05) is 17.7 Å². The van der Waals surface area contributed by atoms with Crippen LogP contribution in [0, 0.1) is 12.8 Å². The number of nitrogens with one attached hydrogen (secondary N) is 1. The molecule has 1 heterocycles. The minimum Gasteiger partial charge on any atom is -0.496 e. The number of benzene rings is 1. The molecule has 1 N–H and O–H groups in total. The van der Waals surface area contributed by atoms with Crippen molar-refractivity contribution in [2.45, 2.75) is 26.7 Å². The maximum absolute atomic E-state index is 5.47. The van der Waals surface area contributed by atoms with Gasteiger partial charge in [-0.2, -0.15) is 0 Å². The number of methoxy groups -OCH3 is 1. The second kappa shape index (κ2) is 9.52. The molecule has 1 aliphatic heterocycles. The van der Waals surface area contributed by atoms with Crippen molar-refractivity contribution in [2.75, 3.05) is 47.0 Å². The summed E-state index contributed by atoms with van der Waals surface area (Å²) in [6.45, 7) is 8.56. The molecule has 0 aromatic heterocycles. The van der Waals surface area contributed by atoms with Crippen molar-refractivity contribution in [2.24, 2.45) is 10.9 Å². The van der Waals surface area contributed by atoms with Gasteiger partial charge < -0.3 is 19.7 Å². The molecule has 134 valence electrons. The van der Waals surface area contributed by atoms with Crippen molar-refractivity contribution < 1.29 is 9.47 Å². The first-order valence-electron chi connectivity index (χ1n) is 8.84. The summed E-state index contributed by atoms with van der Waals surface area (Å²) in [6.07, 6.45) is 2.02. The molecule has 0 bridgehead atoms. The fourth-order valence-electron chi connectivity index (χ4n) is 3.06. The number of aryl methyl sites for hydroxylation is 1. The fourth-order valence-corrected chi connectivity index (χ4v) is 3.06. The molecule has 0 saturated carbocycles. The standard InChI is InChI=1S/C19H31N3O2/c1-5-20-19(22(3)13-16-9-11-24-14-16)21-10-8-17-12-15(2)6-7-18(17)23-4/h6-7,12,16H,5,8-11,13-14H2,1-4H3,(H,20,21). The smallest absolute Gasteiger partial charge is 0.193 e. The lowest BCUT2D eigenvalue weighted by Crippen LogP contribution is -2.41. The van der Waals surface area contributed by atoms with E-state index in [-0.39, 0.29) is 0 Å². The number of nitrogens with zero attached hydrogens (tertiary/aromatic N) is 2. The van der Waals surface area contributed by atoms with Gasteiger partial charge in [0.2, 0.25) is 0 Å². The van der Waals surface area contributed by atoms with E-state index in [0.717, 1.165) is 57.4 Å². The van der Waals surface area contributed by atoms with Gasteiger partial charge in [0.25, 0.3) is 0 Å². The number of guanidine groups is 1. The van der Waals surface area contributed by atoms with Crippen molar-refractivity contribution in [3.8, 4) is 5.75 Å². The number of aliphatic imine (C=N–C) groups is 1. The van der Waals surface area contributed by atoms with Gasteiger partial charge in [0, 0.05) is 39.2 Å². The lowest BCUT2D eigenvalue weighted by molar-refractivity contribution is 0.181. The van der Waals surface area contributed by atoms with Crippen molar-refractivity contribution in [3.05, 3.63) is 29.3 Å². The van der Waals surface area contributed by atoms with E-state index in [1.165, 1.54) is 11.1 Å².